The van der Waals surface area contributed by atoms with E-state index < -0.39 is 0 Å². The third kappa shape index (κ3) is 6.25. The van der Waals surface area contributed by atoms with E-state index in [9.17, 15) is 4.79 Å². The van der Waals surface area contributed by atoms with Crippen LogP contribution in [-0.2, 0) is 20.7 Å². The quantitative estimate of drug-likeness (QED) is 0.670. The normalized spacial score (nSPS) is 22.9. The van der Waals surface area contributed by atoms with Crippen LogP contribution in [0, 0.1) is 0 Å². The fourth-order valence-electron chi connectivity index (χ4n) is 4.65. The zero-order valence-corrected chi connectivity index (χ0v) is 18.1. The molecule has 168 valence electrons. The van der Waals surface area contributed by atoms with Gasteiger partial charge >= 0.3 is 0 Å². The fraction of sp³-hybridized carbons (Fsp3) is 0.864. The Morgan fingerprint density at radius 1 is 1.00 bits per heavy atom. The minimum atomic E-state index is 0.217. The Labute approximate surface area is 179 Å². The summed E-state index contributed by atoms with van der Waals surface area (Å²) in [6, 6.07) is 0. The topological polar surface area (TPSA) is 80.9 Å². The molecular weight excluding hydrogens is 384 g/mol. The van der Waals surface area contributed by atoms with Crippen LogP contribution in [-0.4, -0.2) is 84.5 Å². The highest BCUT2D eigenvalue weighted by molar-refractivity contribution is 5.78. The lowest BCUT2D eigenvalue weighted by Crippen LogP contribution is -2.45. The van der Waals surface area contributed by atoms with Crippen LogP contribution in [0.15, 0.2) is 4.52 Å². The summed E-state index contributed by atoms with van der Waals surface area (Å²) in [5.41, 5.74) is 0. The van der Waals surface area contributed by atoms with Gasteiger partial charge in [0.1, 0.15) is 0 Å². The molecule has 8 heteroatoms. The Morgan fingerprint density at radius 2 is 1.73 bits per heavy atom. The largest absolute Gasteiger partial charge is 0.381 e. The minimum absolute atomic E-state index is 0.217. The first-order valence-corrected chi connectivity index (χ1v) is 11.8. The van der Waals surface area contributed by atoms with Crippen LogP contribution in [0.25, 0.3) is 0 Å². The second-order valence-corrected chi connectivity index (χ2v) is 8.83. The van der Waals surface area contributed by atoms with E-state index >= 15 is 0 Å². The van der Waals surface area contributed by atoms with Crippen molar-refractivity contribution in [3.8, 4) is 0 Å². The molecule has 0 atom stereocenters. The maximum atomic E-state index is 12.6. The van der Waals surface area contributed by atoms with Crippen molar-refractivity contribution in [1.82, 2.24) is 19.9 Å². The fourth-order valence-corrected chi connectivity index (χ4v) is 4.65. The summed E-state index contributed by atoms with van der Waals surface area (Å²) in [7, 11) is 0. The van der Waals surface area contributed by atoms with E-state index in [0.717, 1.165) is 76.8 Å². The number of carbonyl (C=O) groups excluding carboxylic acids is 1. The molecule has 8 nitrogen and oxygen atoms in total. The first-order valence-electron chi connectivity index (χ1n) is 11.8. The molecule has 3 aliphatic heterocycles. The highest BCUT2D eigenvalue weighted by Gasteiger charge is 2.25. The lowest BCUT2D eigenvalue weighted by Gasteiger charge is -2.33. The van der Waals surface area contributed by atoms with E-state index in [0.29, 0.717) is 25.5 Å². The summed E-state index contributed by atoms with van der Waals surface area (Å²) >= 11 is 0. The van der Waals surface area contributed by atoms with Crippen LogP contribution in [0.2, 0.25) is 0 Å². The van der Waals surface area contributed by atoms with E-state index in [1.807, 2.05) is 4.90 Å². The molecule has 1 amide bonds. The van der Waals surface area contributed by atoms with Crippen LogP contribution in [0.3, 0.4) is 0 Å². The van der Waals surface area contributed by atoms with Crippen molar-refractivity contribution in [2.75, 3.05) is 52.5 Å². The Kier molecular flexibility index (Phi) is 8.11. The summed E-state index contributed by atoms with van der Waals surface area (Å²) in [6.45, 7) is 6.45. The van der Waals surface area contributed by atoms with Crippen molar-refractivity contribution in [3.63, 3.8) is 0 Å². The van der Waals surface area contributed by atoms with E-state index in [-0.39, 0.29) is 12.0 Å². The number of hydrogen-bond acceptors (Lipinski definition) is 7. The molecule has 0 saturated carbocycles. The Hall–Kier alpha value is -1.51. The van der Waals surface area contributed by atoms with Crippen molar-refractivity contribution < 1.29 is 18.8 Å². The SMILES string of the molecule is O=C(CN1CCCCCC1)N1CCC(OCCc2noc(C3CCOCC3)n2)CC1. The number of aromatic nitrogens is 2. The molecule has 1 aromatic heterocycles. The molecule has 0 radical (unpaired) electrons. The molecule has 0 unspecified atom stereocenters. The predicted molar refractivity (Wildman–Crippen MR) is 111 cm³/mol. The summed E-state index contributed by atoms with van der Waals surface area (Å²) in [5.74, 6) is 2.07. The van der Waals surface area contributed by atoms with Crippen LogP contribution < -0.4 is 0 Å². The molecular formula is C22H36N4O4. The molecule has 3 aliphatic rings. The minimum Gasteiger partial charge on any atom is -0.381 e. The maximum Gasteiger partial charge on any atom is 0.236 e. The van der Waals surface area contributed by atoms with Gasteiger partial charge in [-0.2, -0.15) is 4.98 Å². The molecule has 1 aromatic rings. The molecule has 0 spiro atoms. The monoisotopic (exact) mass is 420 g/mol. The summed E-state index contributed by atoms with van der Waals surface area (Å²) in [4.78, 5) is 21.5. The van der Waals surface area contributed by atoms with E-state index in [1.165, 1.54) is 25.7 Å². The summed E-state index contributed by atoms with van der Waals surface area (Å²) in [5, 5.41) is 4.11. The van der Waals surface area contributed by atoms with Crippen LogP contribution >= 0.6 is 0 Å². The highest BCUT2D eigenvalue weighted by atomic mass is 16.5. The Balaban J connectivity index is 1.12. The average molecular weight is 421 g/mol. The number of hydrogen-bond donors (Lipinski definition) is 0. The number of amides is 1. The molecule has 0 aliphatic carbocycles. The summed E-state index contributed by atoms with van der Waals surface area (Å²) < 4.78 is 16.9. The van der Waals surface area contributed by atoms with Gasteiger partial charge in [-0.1, -0.05) is 18.0 Å². The second-order valence-electron chi connectivity index (χ2n) is 8.83. The summed E-state index contributed by atoms with van der Waals surface area (Å²) in [6.07, 6.45) is 9.65. The molecule has 3 fully saturated rings. The van der Waals surface area contributed by atoms with Gasteiger partial charge in [-0.25, -0.2) is 0 Å². The van der Waals surface area contributed by atoms with Gasteiger partial charge in [-0.3, -0.25) is 9.69 Å². The number of ether oxygens (including phenoxy) is 2. The molecule has 0 bridgehead atoms. The number of carbonyl (C=O) groups is 1. The van der Waals surface area contributed by atoms with Crippen molar-refractivity contribution >= 4 is 5.91 Å². The molecule has 0 N–H and O–H groups in total. The van der Waals surface area contributed by atoms with Gasteiger partial charge in [0.05, 0.1) is 19.3 Å². The zero-order chi connectivity index (χ0) is 20.6. The number of rotatable bonds is 7. The number of nitrogens with zero attached hydrogens (tertiary/aromatic N) is 4. The van der Waals surface area contributed by atoms with Gasteiger partial charge in [0.25, 0.3) is 0 Å². The molecule has 0 aromatic carbocycles. The first-order chi connectivity index (χ1) is 14.8. The van der Waals surface area contributed by atoms with Gasteiger partial charge in [0.2, 0.25) is 11.8 Å². The van der Waals surface area contributed by atoms with E-state index in [1.54, 1.807) is 0 Å². The number of piperidine rings is 1. The lowest BCUT2D eigenvalue weighted by atomic mass is 10.0. The third-order valence-electron chi connectivity index (χ3n) is 6.59. The standard InChI is InChI=1S/C22H36N4O4/c27-21(17-25-10-3-1-2-4-11-25)26-12-5-19(6-13-26)29-16-9-20-23-22(30-24-20)18-7-14-28-15-8-18/h18-19H,1-17H2. The van der Waals surface area contributed by atoms with E-state index in [2.05, 4.69) is 15.0 Å². The van der Waals surface area contributed by atoms with Gasteiger partial charge in [-0.15, -0.1) is 0 Å². The Morgan fingerprint density at radius 3 is 2.47 bits per heavy atom. The van der Waals surface area contributed by atoms with Crippen LogP contribution in [0.4, 0.5) is 0 Å². The Bertz CT molecular complexity index is 645. The molecule has 4 heterocycles. The van der Waals surface area contributed by atoms with Crippen molar-refractivity contribution in [3.05, 3.63) is 11.7 Å². The molecule has 3 saturated heterocycles. The van der Waals surface area contributed by atoms with Crippen LogP contribution in [0.1, 0.15) is 69.0 Å². The third-order valence-corrected chi connectivity index (χ3v) is 6.59. The maximum absolute atomic E-state index is 12.6. The van der Waals surface area contributed by atoms with Crippen molar-refractivity contribution in [2.45, 2.75) is 69.8 Å². The van der Waals surface area contributed by atoms with Gasteiger partial charge in [0.15, 0.2) is 5.82 Å². The predicted octanol–water partition coefficient (Wildman–Crippen LogP) is 2.39. The molecule has 4 rings (SSSR count). The van der Waals surface area contributed by atoms with E-state index in [4.69, 9.17) is 14.0 Å². The molecule has 30 heavy (non-hydrogen) atoms. The zero-order valence-electron chi connectivity index (χ0n) is 18.1. The van der Waals surface area contributed by atoms with Crippen molar-refractivity contribution in [1.29, 1.82) is 0 Å². The van der Waals surface area contributed by atoms with Crippen molar-refractivity contribution in [2.24, 2.45) is 0 Å². The smallest absolute Gasteiger partial charge is 0.236 e. The number of likely N-dealkylation sites (tertiary alicyclic amines) is 2. The van der Waals surface area contributed by atoms with Gasteiger partial charge < -0.3 is 18.9 Å². The second kappa shape index (κ2) is 11.2. The highest BCUT2D eigenvalue weighted by Crippen LogP contribution is 2.25. The van der Waals surface area contributed by atoms with Gasteiger partial charge in [-0.05, 0) is 51.6 Å². The first kappa shape index (κ1) is 21.7. The van der Waals surface area contributed by atoms with Crippen LogP contribution in [0.5, 0.6) is 0 Å². The lowest BCUT2D eigenvalue weighted by molar-refractivity contribution is -0.135. The van der Waals surface area contributed by atoms with Gasteiger partial charge in [0, 0.05) is 38.6 Å². The average Bonchev–Trinajstić information content (AvgIpc) is 3.11.